The first-order chi connectivity index (χ1) is 10.2. The highest BCUT2D eigenvalue weighted by Crippen LogP contribution is 2.48. The van der Waals surface area contributed by atoms with Crippen molar-refractivity contribution in [2.75, 3.05) is 19.7 Å². The molecule has 3 rings (SSSR count). The zero-order valence-corrected chi connectivity index (χ0v) is 12.3. The molecule has 21 heavy (non-hydrogen) atoms. The van der Waals surface area contributed by atoms with Crippen molar-refractivity contribution >= 4 is 5.97 Å². The van der Waals surface area contributed by atoms with Crippen LogP contribution in [0.15, 0.2) is 24.3 Å². The first kappa shape index (κ1) is 14.4. The number of aromatic carboxylic acids is 1. The van der Waals surface area contributed by atoms with E-state index in [0.717, 1.165) is 36.6 Å². The number of nitrogens with one attached hydrogen (secondary N) is 1. The fraction of sp³-hybridized carbons (Fsp3) is 0.588. The third-order valence-electron chi connectivity index (χ3n) is 4.48. The summed E-state index contributed by atoms with van der Waals surface area (Å²) in [5, 5.41) is 12.3. The van der Waals surface area contributed by atoms with Gasteiger partial charge in [0.05, 0.1) is 5.56 Å². The van der Waals surface area contributed by atoms with Gasteiger partial charge in [-0.2, -0.15) is 0 Å². The number of hydrogen-bond donors (Lipinski definition) is 2. The molecule has 2 aliphatic rings. The Hall–Kier alpha value is -1.55. The second-order valence-corrected chi connectivity index (χ2v) is 6.22. The second-order valence-electron chi connectivity index (χ2n) is 6.22. The average molecular weight is 289 g/mol. The molecule has 0 aliphatic heterocycles. The molecule has 0 heterocycles. The Balaban J connectivity index is 1.33. The van der Waals surface area contributed by atoms with Gasteiger partial charge in [0.25, 0.3) is 0 Å². The summed E-state index contributed by atoms with van der Waals surface area (Å²) in [7, 11) is 0. The summed E-state index contributed by atoms with van der Waals surface area (Å²) in [6, 6.07) is 6.56. The normalized spacial score (nSPS) is 18.0. The van der Waals surface area contributed by atoms with E-state index in [1.165, 1.54) is 25.7 Å². The Morgan fingerprint density at radius 3 is 2.33 bits per heavy atom. The van der Waals surface area contributed by atoms with Gasteiger partial charge in [-0.3, -0.25) is 0 Å². The summed E-state index contributed by atoms with van der Waals surface area (Å²) in [5.41, 5.74) is 0.289. The molecule has 4 nitrogen and oxygen atoms in total. The molecular weight excluding hydrogens is 266 g/mol. The maximum Gasteiger partial charge on any atom is 0.335 e. The summed E-state index contributed by atoms with van der Waals surface area (Å²) in [4.78, 5) is 10.7. The number of carboxylic acid groups (broad SMARTS) is 1. The lowest BCUT2D eigenvalue weighted by molar-refractivity contribution is 0.0697. The van der Waals surface area contributed by atoms with Gasteiger partial charge in [-0.05, 0) is 74.2 Å². The van der Waals surface area contributed by atoms with Crippen LogP contribution in [0.5, 0.6) is 5.75 Å². The van der Waals surface area contributed by atoms with Crippen LogP contribution in [-0.4, -0.2) is 30.8 Å². The smallest absolute Gasteiger partial charge is 0.335 e. The van der Waals surface area contributed by atoms with Crippen molar-refractivity contribution in [3.05, 3.63) is 29.8 Å². The zero-order chi connectivity index (χ0) is 14.7. The van der Waals surface area contributed by atoms with Crippen LogP contribution in [0.1, 0.15) is 36.0 Å². The van der Waals surface area contributed by atoms with E-state index in [1.807, 2.05) is 0 Å². The zero-order valence-electron chi connectivity index (χ0n) is 12.3. The number of benzene rings is 1. The maximum atomic E-state index is 10.7. The van der Waals surface area contributed by atoms with Crippen LogP contribution >= 0.6 is 0 Å². The van der Waals surface area contributed by atoms with Gasteiger partial charge in [0.2, 0.25) is 0 Å². The summed E-state index contributed by atoms with van der Waals surface area (Å²) < 4.78 is 5.62. The van der Waals surface area contributed by atoms with Gasteiger partial charge < -0.3 is 15.2 Å². The van der Waals surface area contributed by atoms with E-state index in [9.17, 15) is 4.79 Å². The van der Waals surface area contributed by atoms with Crippen molar-refractivity contribution in [1.29, 1.82) is 0 Å². The molecule has 0 amide bonds. The second kappa shape index (κ2) is 6.48. The van der Waals surface area contributed by atoms with Gasteiger partial charge in [0.1, 0.15) is 12.4 Å². The maximum absolute atomic E-state index is 10.7. The molecule has 2 saturated carbocycles. The van der Waals surface area contributed by atoms with Crippen LogP contribution in [0, 0.1) is 17.8 Å². The first-order valence-corrected chi connectivity index (χ1v) is 7.91. The van der Waals surface area contributed by atoms with Gasteiger partial charge in [-0.25, -0.2) is 4.79 Å². The lowest BCUT2D eigenvalue weighted by Gasteiger charge is -2.16. The van der Waals surface area contributed by atoms with E-state index in [1.54, 1.807) is 24.3 Å². The minimum absolute atomic E-state index is 0.289. The van der Waals surface area contributed by atoms with Gasteiger partial charge in [0.15, 0.2) is 0 Å². The number of ether oxygens (including phenoxy) is 1. The summed E-state index contributed by atoms with van der Waals surface area (Å²) in [6.45, 7) is 2.59. The number of carbonyl (C=O) groups is 1. The molecule has 0 unspecified atom stereocenters. The molecule has 1 aromatic carbocycles. The Morgan fingerprint density at radius 1 is 1.19 bits per heavy atom. The Labute approximate surface area is 125 Å². The van der Waals surface area contributed by atoms with E-state index in [2.05, 4.69) is 5.32 Å². The molecule has 2 aliphatic carbocycles. The highest BCUT2D eigenvalue weighted by Gasteiger charge is 2.40. The molecule has 0 bridgehead atoms. The van der Waals surface area contributed by atoms with Crippen molar-refractivity contribution in [3.8, 4) is 5.75 Å². The van der Waals surface area contributed by atoms with E-state index >= 15 is 0 Å². The fourth-order valence-electron chi connectivity index (χ4n) is 2.97. The van der Waals surface area contributed by atoms with Gasteiger partial charge in [-0.15, -0.1) is 0 Å². The largest absolute Gasteiger partial charge is 0.492 e. The van der Waals surface area contributed by atoms with Crippen molar-refractivity contribution < 1.29 is 14.6 Å². The lowest BCUT2D eigenvalue weighted by Crippen LogP contribution is -2.29. The average Bonchev–Trinajstić information content (AvgIpc) is 3.37. The summed E-state index contributed by atoms with van der Waals surface area (Å²) in [6.07, 6.45) is 5.70. The number of carboxylic acids is 1. The predicted molar refractivity (Wildman–Crippen MR) is 80.7 cm³/mol. The lowest BCUT2D eigenvalue weighted by atomic mass is 9.98. The van der Waals surface area contributed by atoms with Crippen LogP contribution < -0.4 is 10.1 Å². The highest BCUT2D eigenvalue weighted by atomic mass is 16.5. The van der Waals surface area contributed by atoms with Gasteiger partial charge >= 0.3 is 5.97 Å². The van der Waals surface area contributed by atoms with Crippen molar-refractivity contribution in [1.82, 2.24) is 5.32 Å². The third-order valence-corrected chi connectivity index (χ3v) is 4.48. The standard InChI is InChI=1S/C17H23NO3/c19-17(20)14-5-7-15(8-6-14)21-10-9-18-11-16(12-1-2-12)13-3-4-13/h5-8,12-13,16,18H,1-4,9-11H2,(H,19,20). The van der Waals surface area contributed by atoms with E-state index < -0.39 is 5.97 Å². The van der Waals surface area contributed by atoms with E-state index in [4.69, 9.17) is 9.84 Å². The fourth-order valence-corrected chi connectivity index (χ4v) is 2.97. The topological polar surface area (TPSA) is 58.6 Å². The van der Waals surface area contributed by atoms with Crippen LogP contribution in [0.3, 0.4) is 0 Å². The predicted octanol–water partition coefficient (Wildman–Crippen LogP) is 2.79. The molecular formula is C17H23NO3. The summed E-state index contributed by atoms with van der Waals surface area (Å²) in [5.74, 6) is 2.67. The highest BCUT2D eigenvalue weighted by molar-refractivity contribution is 5.87. The molecule has 4 heteroatoms. The van der Waals surface area contributed by atoms with E-state index in [-0.39, 0.29) is 5.56 Å². The van der Waals surface area contributed by atoms with Crippen LogP contribution in [0.2, 0.25) is 0 Å². The molecule has 0 aromatic heterocycles. The molecule has 1 aromatic rings. The monoisotopic (exact) mass is 289 g/mol. The molecule has 0 radical (unpaired) electrons. The van der Waals surface area contributed by atoms with E-state index in [0.29, 0.717) is 6.61 Å². The minimum Gasteiger partial charge on any atom is -0.492 e. The van der Waals surface area contributed by atoms with Gasteiger partial charge in [0, 0.05) is 6.54 Å². The minimum atomic E-state index is -0.908. The third kappa shape index (κ3) is 4.21. The number of hydrogen-bond acceptors (Lipinski definition) is 3. The molecule has 2 fully saturated rings. The van der Waals surface area contributed by atoms with Crippen LogP contribution in [-0.2, 0) is 0 Å². The molecule has 2 N–H and O–H groups in total. The molecule has 114 valence electrons. The van der Waals surface area contributed by atoms with Crippen LogP contribution in [0.4, 0.5) is 0 Å². The molecule has 0 saturated heterocycles. The molecule has 0 spiro atoms. The Kier molecular flexibility index (Phi) is 4.44. The SMILES string of the molecule is O=C(O)c1ccc(OCCNCC(C2CC2)C2CC2)cc1. The first-order valence-electron chi connectivity index (χ1n) is 7.91. The quantitative estimate of drug-likeness (QED) is 0.686. The van der Waals surface area contributed by atoms with Gasteiger partial charge in [-0.1, -0.05) is 0 Å². The number of rotatable bonds is 9. The molecule has 0 atom stereocenters. The Bertz CT molecular complexity index is 465. The summed E-state index contributed by atoms with van der Waals surface area (Å²) >= 11 is 0. The van der Waals surface area contributed by atoms with Crippen molar-refractivity contribution in [3.63, 3.8) is 0 Å². The van der Waals surface area contributed by atoms with Crippen LogP contribution in [0.25, 0.3) is 0 Å². The van der Waals surface area contributed by atoms with Crippen molar-refractivity contribution in [2.45, 2.75) is 25.7 Å². The Morgan fingerprint density at radius 2 is 1.81 bits per heavy atom. The van der Waals surface area contributed by atoms with Crippen molar-refractivity contribution in [2.24, 2.45) is 17.8 Å².